The minimum Gasteiger partial charge on any atom is -0.342 e. The zero-order valence-corrected chi connectivity index (χ0v) is 12.9. The first-order valence-corrected chi connectivity index (χ1v) is 8.14. The molecule has 0 aliphatic carbocycles. The second-order valence-corrected chi connectivity index (χ2v) is 7.87. The highest BCUT2D eigenvalue weighted by molar-refractivity contribution is 8.01. The maximum absolute atomic E-state index is 11.9. The van der Waals surface area contributed by atoms with Crippen LogP contribution in [0.1, 0.15) is 38.5 Å². The normalized spacial score (nSPS) is 16.3. The summed E-state index contributed by atoms with van der Waals surface area (Å²) in [7, 11) is 0. The van der Waals surface area contributed by atoms with Crippen LogP contribution >= 0.6 is 23.1 Å². The van der Waals surface area contributed by atoms with Gasteiger partial charge in [-0.3, -0.25) is 4.79 Å². The quantitative estimate of drug-likeness (QED) is 0.799. The standard InChI is InChI=1S/C13H20N2OS2/c1-13(2,3)10-8-14-12(18-10)17-9-11(16)15-6-4-5-7-15/h8H,4-7,9H2,1-3H3. The minimum atomic E-state index is 0.148. The maximum atomic E-state index is 11.9. The smallest absolute Gasteiger partial charge is 0.233 e. The van der Waals surface area contributed by atoms with Gasteiger partial charge in [0.05, 0.1) is 5.75 Å². The molecule has 0 unspecified atom stereocenters. The molecule has 0 atom stereocenters. The number of thiazole rings is 1. The number of rotatable bonds is 3. The Morgan fingerprint density at radius 1 is 1.44 bits per heavy atom. The summed E-state index contributed by atoms with van der Waals surface area (Å²) in [5.41, 5.74) is 0.148. The molecule has 100 valence electrons. The summed E-state index contributed by atoms with van der Waals surface area (Å²) in [6.45, 7) is 8.42. The zero-order chi connectivity index (χ0) is 13.2. The lowest BCUT2D eigenvalue weighted by Gasteiger charge is -2.14. The molecule has 18 heavy (non-hydrogen) atoms. The van der Waals surface area contributed by atoms with Crippen molar-refractivity contribution < 1.29 is 4.79 Å². The van der Waals surface area contributed by atoms with Crippen molar-refractivity contribution in [1.82, 2.24) is 9.88 Å². The van der Waals surface area contributed by atoms with Gasteiger partial charge in [0, 0.05) is 24.2 Å². The van der Waals surface area contributed by atoms with Crippen molar-refractivity contribution in [2.24, 2.45) is 0 Å². The number of thioether (sulfide) groups is 1. The average molecular weight is 284 g/mol. The molecule has 1 amide bonds. The summed E-state index contributed by atoms with van der Waals surface area (Å²) in [6.07, 6.45) is 4.25. The second kappa shape index (κ2) is 5.61. The van der Waals surface area contributed by atoms with E-state index in [0.717, 1.165) is 30.3 Å². The summed E-state index contributed by atoms with van der Waals surface area (Å²) < 4.78 is 1.01. The molecule has 1 saturated heterocycles. The van der Waals surface area contributed by atoms with Crippen LogP contribution in [-0.2, 0) is 10.2 Å². The topological polar surface area (TPSA) is 33.2 Å². The van der Waals surface area contributed by atoms with E-state index in [-0.39, 0.29) is 11.3 Å². The lowest BCUT2D eigenvalue weighted by atomic mass is 9.96. The van der Waals surface area contributed by atoms with Crippen LogP contribution in [0.2, 0.25) is 0 Å². The Balaban J connectivity index is 1.86. The molecular formula is C13H20N2OS2. The molecule has 1 aliphatic heterocycles. The molecule has 0 aromatic carbocycles. The van der Waals surface area contributed by atoms with Gasteiger partial charge in [0.25, 0.3) is 0 Å². The summed E-state index contributed by atoms with van der Waals surface area (Å²) >= 11 is 3.27. The Morgan fingerprint density at radius 3 is 2.67 bits per heavy atom. The lowest BCUT2D eigenvalue weighted by molar-refractivity contribution is -0.127. The highest BCUT2D eigenvalue weighted by Gasteiger charge is 2.20. The van der Waals surface area contributed by atoms with Gasteiger partial charge in [0.2, 0.25) is 5.91 Å². The van der Waals surface area contributed by atoms with Crippen LogP contribution in [-0.4, -0.2) is 34.6 Å². The number of likely N-dealkylation sites (tertiary alicyclic amines) is 1. The number of amides is 1. The molecule has 1 aromatic rings. The molecule has 1 aliphatic rings. The van der Waals surface area contributed by atoms with E-state index in [9.17, 15) is 4.79 Å². The number of hydrogen-bond acceptors (Lipinski definition) is 4. The highest BCUT2D eigenvalue weighted by atomic mass is 32.2. The van der Waals surface area contributed by atoms with Crippen LogP contribution < -0.4 is 0 Å². The predicted octanol–water partition coefficient (Wildman–Crippen LogP) is 3.16. The number of aromatic nitrogens is 1. The fourth-order valence-corrected chi connectivity index (χ4v) is 3.80. The van der Waals surface area contributed by atoms with Crippen molar-refractivity contribution in [3.05, 3.63) is 11.1 Å². The first-order valence-electron chi connectivity index (χ1n) is 6.34. The molecule has 0 N–H and O–H groups in total. The lowest BCUT2D eigenvalue weighted by Crippen LogP contribution is -2.29. The van der Waals surface area contributed by atoms with Crippen molar-refractivity contribution in [1.29, 1.82) is 0 Å². The highest BCUT2D eigenvalue weighted by Crippen LogP contribution is 2.32. The summed E-state index contributed by atoms with van der Waals surface area (Å²) in [5.74, 6) is 0.780. The van der Waals surface area contributed by atoms with Gasteiger partial charge in [-0.15, -0.1) is 11.3 Å². The molecule has 1 fully saturated rings. The van der Waals surface area contributed by atoms with Crippen LogP contribution in [0.4, 0.5) is 0 Å². The molecule has 2 rings (SSSR count). The zero-order valence-electron chi connectivity index (χ0n) is 11.2. The summed E-state index contributed by atoms with van der Waals surface area (Å²) in [5, 5.41) is 0. The largest absolute Gasteiger partial charge is 0.342 e. The number of hydrogen-bond donors (Lipinski definition) is 0. The Hall–Kier alpha value is -0.550. The number of carbonyl (C=O) groups excluding carboxylic acids is 1. The fraction of sp³-hybridized carbons (Fsp3) is 0.692. The van der Waals surface area contributed by atoms with E-state index in [1.165, 1.54) is 4.88 Å². The third kappa shape index (κ3) is 3.48. The van der Waals surface area contributed by atoms with Crippen LogP contribution in [0.15, 0.2) is 10.5 Å². The van der Waals surface area contributed by atoms with Gasteiger partial charge in [0.1, 0.15) is 0 Å². The Kier molecular flexibility index (Phi) is 4.33. The summed E-state index contributed by atoms with van der Waals surface area (Å²) in [4.78, 5) is 19.5. The van der Waals surface area contributed by atoms with E-state index < -0.39 is 0 Å². The van der Waals surface area contributed by atoms with Crippen molar-refractivity contribution in [3.63, 3.8) is 0 Å². The first-order chi connectivity index (χ1) is 8.47. The molecule has 0 bridgehead atoms. The van der Waals surface area contributed by atoms with Crippen molar-refractivity contribution in [2.45, 2.75) is 43.4 Å². The summed E-state index contributed by atoms with van der Waals surface area (Å²) in [6, 6.07) is 0. The van der Waals surface area contributed by atoms with Crippen LogP contribution in [0.25, 0.3) is 0 Å². The van der Waals surface area contributed by atoms with E-state index >= 15 is 0 Å². The minimum absolute atomic E-state index is 0.148. The van der Waals surface area contributed by atoms with Crippen LogP contribution in [0.5, 0.6) is 0 Å². The van der Waals surface area contributed by atoms with E-state index in [1.807, 2.05) is 11.1 Å². The van der Waals surface area contributed by atoms with E-state index in [2.05, 4.69) is 25.8 Å². The van der Waals surface area contributed by atoms with Crippen LogP contribution in [0.3, 0.4) is 0 Å². The predicted molar refractivity (Wildman–Crippen MR) is 77.4 cm³/mol. The molecular weight excluding hydrogens is 264 g/mol. The third-order valence-corrected chi connectivity index (χ3v) is 5.57. The van der Waals surface area contributed by atoms with E-state index in [1.54, 1.807) is 23.1 Å². The van der Waals surface area contributed by atoms with Gasteiger partial charge in [0.15, 0.2) is 4.34 Å². The van der Waals surface area contributed by atoms with Gasteiger partial charge >= 0.3 is 0 Å². The molecule has 1 aromatic heterocycles. The number of carbonyl (C=O) groups is 1. The molecule has 2 heterocycles. The molecule has 0 radical (unpaired) electrons. The fourth-order valence-electron chi connectivity index (χ4n) is 1.85. The molecule has 0 spiro atoms. The van der Waals surface area contributed by atoms with Crippen molar-refractivity contribution >= 4 is 29.0 Å². The molecule has 5 heteroatoms. The Labute approximate surface area is 117 Å². The Bertz CT molecular complexity index is 417. The SMILES string of the molecule is CC(C)(C)c1cnc(SCC(=O)N2CCCC2)s1. The second-order valence-electron chi connectivity index (χ2n) is 5.62. The van der Waals surface area contributed by atoms with Crippen molar-refractivity contribution in [2.75, 3.05) is 18.8 Å². The van der Waals surface area contributed by atoms with Gasteiger partial charge in [-0.1, -0.05) is 32.5 Å². The average Bonchev–Trinajstić information content (AvgIpc) is 2.96. The van der Waals surface area contributed by atoms with Gasteiger partial charge in [-0.2, -0.15) is 0 Å². The third-order valence-electron chi connectivity index (χ3n) is 3.00. The number of nitrogens with zero attached hydrogens (tertiary/aromatic N) is 2. The molecule has 3 nitrogen and oxygen atoms in total. The van der Waals surface area contributed by atoms with Gasteiger partial charge in [-0.25, -0.2) is 4.98 Å². The maximum Gasteiger partial charge on any atom is 0.233 e. The monoisotopic (exact) mass is 284 g/mol. The van der Waals surface area contributed by atoms with Crippen molar-refractivity contribution in [3.8, 4) is 0 Å². The van der Waals surface area contributed by atoms with E-state index in [0.29, 0.717) is 5.75 Å². The molecule has 0 saturated carbocycles. The van der Waals surface area contributed by atoms with Gasteiger partial charge < -0.3 is 4.90 Å². The van der Waals surface area contributed by atoms with Crippen LogP contribution in [0, 0.1) is 0 Å². The first kappa shape index (κ1) is 13.9. The van der Waals surface area contributed by atoms with Gasteiger partial charge in [-0.05, 0) is 18.3 Å². The Morgan fingerprint density at radius 2 is 2.11 bits per heavy atom. The van der Waals surface area contributed by atoms with E-state index in [4.69, 9.17) is 0 Å².